The first-order chi connectivity index (χ1) is 17.7. The number of rotatable bonds is 3. The molecule has 0 amide bonds. The van der Waals surface area contributed by atoms with Crippen molar-refractivity contribution in [1.29, 1.82) is 0 Å². The van der Waals surface area contributed by atoms with Crippen molar-refractivity contribution in [2.75, 3.05) is 0 Å². The monoisotopic (exact) mass is 491 g/mol. The third-order valence-corrected chi connectivity index (χ3v) is 6.68. The second-order valence-electron chi connectivity index (χ2n) is 8.49. The minimum atomic E-state index is -0.313. The first kappa shape index (κ1) is 20.8. The molecule has 0 fully saturated rings. The van der Waals surface area contributed by atoms with Crippen molar-refractivity contribution in [3.05, 3.63) is 113 Å². The molecule has 0 N–H and O–H groups in total. The lowest BCUT2D eigenvalue weighted by molar-refractivity contribution is 0.402. The van der Waals surface area contributed by atoms with Crippen molar-refractivity contribution in [2.24, 2.45) is 0 Å². The number of halogens is 1. The van der Waals surface area contributed by atoms with Crippen LogP contribution in [-0.4, -0.2) is 34.3 Å². The summed E-state index contributed by atoms with van der Waals surface area (Å²) in [5, 5.41) is 10.1. The van der Waals surface area contributed by atoms with E-state index in [-0.39, 0.29) is 5.92 Å². The number of fused-ring (bicyclic) bond motifs is 4. The normalized spacial score (nSPS) is 14.3. The largest absolute Gasteiger partial charge is 0.420 e. The molecule has 0 saturated heterocycles. The number of benzene rings is 2. The summed E-state index contributed by atoms with van der Waals surface area (Å²) < 4.78 is 9.92. The zero-order chi connectivity index (χ0) is 24.2. The van der Waals surface area contributed by atoms with Crippen molar-refractivity contribution >= 4 is 17.2 Å². The van der Waals surface area contributed by atoms with Gasteiger partial charge in [0, 0.05) is 11.2 Å². The molecule has 4 aromatic heterocycles. The van der Waals surface area contributed by atoms with Crippen LogP contribution in [0, 0.1) is 6.92 Å². The van der Waals surface area contributed by atoms with Gasteiger partial charge in [-0.25, -0.2) is 19.2 Å². The summed E-state index contributed by atoms with van der Waals surface area (Å²) in [6.45, 7) is 1.98. The van der Waals surface area contributed by atoms with Gasteiger partial charge in [0.15, 0.2) is 5.65 Å². The third kappa shape index (κ3) is 3.11. The highest BCUT2D eigenvalue weighted by Gasteiger charge is 2.39. The van der Waals surface area contributed by atoms with E-state index in [0.717, 1.165) is 28.1 Å². The van der Waals surface area contributed by atoms with Gasteiger partial charge in [0.05, 0.1) is 28.4 Å². The molecule has 2 aromatic carbocycles. The number of nitrogens with zero attached hydrogens (tertiary/aromatic N) is 7. The van der Waals surface area contributed by atoms with Crippen molar-refractivity contribution < 1.29 is 4.74 Å². The third-order valence-electron chi connectivity index (χ3n) is 6.33. The molecule has 0 aliphatic carbocycles. The molecule has 0 saturated carbocycles. The lowest BCUT2D eigenvalue weighted by Gasteiger charge is -2.26. The van der Waals surface area contributed by atoms with E-state index < -0.39 is 0 Å². The van der Waals surface area contributed by atoms with E-state index in [9.17, 15) is 0 Å². The highest BCUT2D eigenvalue weighted by Crippen LogP contribution is 2.50. The summed E-state index contributed by atoms with van der Waals surface area (Å²) >= 11 is 6.78. The molecule has 8 nitrogen and oxygen atoms in total. The first-order valence-corrected chi connectivity index (χ1v) is 11.8. The quantitative estimate of drug-likeness (QED) is 0.319. The number of hydrogen-bond acceptors (Lipinski definition) is 6. The van der Waals surface area contributed by atoms with Crippen molar-refractivity contribution in [3.63, 3.8) is 0 Å². The lowest BCUT2D eigenvalue weighted by Crippen LogP contribution is -2.16. The summed E-state index contributed by atoms with van der Waals surface area (Å²) in [6, 6.07) is 23.3. The Morgan fingerprint density at radius 3 is 2.47 bits per heavy atom. The number of para-hydroxylation sites is 1. The van der Waals surface area contributed by atoms with Gasteiger partial charge in [-0.15, -0.1) is 5.10 Å². The van der Waals surface area contributed by atoms with Gasteiger partial charge in [-0.05, 0) is 42.8 Å². The number of hydrogen-bond donors (Lipinski definition) is 0. The molecule has 0 spiro atoms. The van der Waals surface area contributed by atoms with Gasteiger partial charge in [0.1, 0.15) is 12.0 Å². The predicted octanol–water partition coefficient (Wildman–Crippen LogP) is 5.62. The number of ether oxygens (including phenoxy) is 1. The summed E-state index contributed by atoms with van der Waals surface area (Å²) in [5.74, 6) is 1.24. The molecule has 0 bridgehead atoms. The van der Waals surface area contributed by atoms with Gasteiger partial charge < -0.3 is 4.74 Å². The Kier molecular flexibility index (Phi) is 4.62. The predicted molar refractivity (Wildman–Crippen MR) is 135 cm³/mol. The zero-order valence-electron chi connectivity index (χ0n) is 19.1. The Hall–Kier alpha value is -4.56. The van der Waals surface area contributed by atoms with E-state index in [1.165, 1.54) is 0 Å². The van der Waals surface area contributed by atoms with Crippen LogP contribution in [0.4, 0.5) is 0 Å². The molecule has 174 valence electrons. The Morgan fingerprint density at radius 2 is 1.67 bits per heavy atom. The van der Waals surface area contributed by atoms with Crippen LogP contribution in [0.25, 0.3) is 22.9 Å². The summed E-state index contributed by atoms with van der Waals surface area (Å²) in [6.07, 6.45) is 3.33. The van der Waals surface area contributed by atoms with Gasteiger partial charge in [-0.2, -0.15) is 5.10 Å². The van der Waals surface area contributed by atoms with Gasteiger partial charge in [0.25, 0.3) is 0 Å². The Bertz CT molecular complexity index is 1750. The topological polar surface area (TPSA) is 83.0 Å². The molecule has 1 aliphatic heterocycles. The van der Waals surface area contributed by atoms with Crippen LogP contribution < -0.4 is 4.74 Å². The second-order valence-corrected chi connectivity index (χ2v) is 8.90. The minimum absolute atomic E-state index is 0.313. The van der Waals surface area contributed by atoms with Crippen LogP contribution in [0.1, 0.15) is 28.3 Å². The van der Waals surface area contributed by atoms with Gasteiger partial charge >= 0.3 is 0 Å². The molecule has 5 heterocycles. The molecule has 36 heavy (non-hydrogen) atoms. The van der Waals surface area contributed by atoms with Crippen LogP contribution in [0.3, 0.4) is 0 Å². The van der Waals surface area contributed by atoms with Crippen LogP contribution >= 0.6 is 11.6 Å². The fraction of sp³-hybridized carbons (Fsp3) is 0.0741. The Morgan fingerprint density at radius 1 is 0.861 bits per heavy atom. The SMILES string of the molecule is Cc1nn(-c2ccccc2)c2c1[C@@H](c1ccccc1Cl)c1c(ncn3nc(-c4ccccn4)nc13)O2. The van der Waals surface area contributed by atoms with Crippen molar-refractivity contribution in [1.82, 2.24) is 34.3 Å². The smallest absolute Gasteiger partial charge is 0.230 e. The number of aromatic nitrogens is 7. The van der Waals surface area contributed by atoms with Crippen LogP contribution in [-0.2, 0) is 0 Å². The Labute approximate surface area is 210 Å². The maximum atomic E-state index is 6.78. The van der Waals surface area contributed by atoms with Gasteiger partial charge in [0.2, 0.25) is 17.6 Å². The fourth-order valence-electron chi connectivity index (χ4n) is 4.75. The average Bonchev–Trinajstić information content (AvgIpc) is 3.50. The van der Waals surface area contributed by atoms with Gasteiger partial charge in [-0.3, -0.25) is 4.98 Å². The molecule has 6 aromatic rings. The van der Waals surface area contributed by atoms with Crippen molar-refractivity contribution in [3.8, 4) is 29.0 Å². The molecule has 1 aliphatic rings. The van der Waals surface area contributed by atoms with E-state index in [1.54, 1.807) is 17.0 Å². The zero-order valence-corrected chi connectivity index (χ0v) is 19.8. The van der Waals surface area contributed by atoms with E-state index in [0.29, 0.717) is 33.9 Å². The average molecular weight is 492 g/mol. The van der Waals surface area contributed by atoms with Crippen LogP contribution in [0.15, 0.2) is 85.3 Å². The lowest BCUT2D eigenvalue weighted by atomic mass is 9.84. The fourth-order valence-corrected chi connectivity index (χ4v) is 4.99. The highest BCUT2D eigenvalue weighted by molar-refractivity contribution is 6.31. The molecule has 0 unspecified atom stereocenters. The summed E-state index contributed by atoms with van der Waals surface area (Å²) in [5.41, 5.74) is 5.64. The summed E-state index contributed by atoms with van der Waals surface area (Å²) in [7, 11) is 0. The maximum absolute atomic E-state index is 6.78. The highest BCUT2D eigenvalue weighted by atomic mass is 35.5. The number of pyridine rings is 1. The van der Waals surface area contributed by atoms with Crippen LogP contribution in [0.5, 0.6) is 11.8 Å². The molecular formula is C27H18ClN7O. The van der Waals surface area contributed by atoms with Crippen molar-refractivity contribution in [2.45, 2.75) is 12.8 Å². The maximum Gasteiger partial charge on any atom is 0.230 e. The molecule has 7 rings (SSSR count). The molecular weight excluding hydrogens is 474 g/mol. The van der Waals surface area contributed by atoms with E-state index in [1.807, 2.05) is 84.4 Å². The second kappa shape index (κ2) is 8.00. The van der Waals surface area contributed by atoms with Gasteiger partial charge in [-0.1, -0.05) is 54.1 Å². The molecule has 1 atom stereocenters. The number of aryl methyl sites for hydroxylation is 1. The standard InChI is InChI=1S/C27H18ClN7O/c1-16-21-22(18-11-5-6-12-19(18)28)23-25-31-24(20-13-7-8-14-29-20)33-34(25)15-30-26(23)36-27(21)35(32-16)17-9-3-2-4-10-17/h2-15,22H,1H3/t22-/m1/s1. The van der Waals surface area contributed by atoms with E-state index in [4.69, 9.17) is 26.4 Å². The first-order valence-electron chi connectivity index (χ1n) is 11.4. The van der Waals surface area contributed by atoms with E-state index >= 15 is 0 Å². The summed E-state index contributed by atoms with van der Waals surface area (Å²) in [4.78, 5) is 13.9. The van der Waals surface area contributed by atoms with E-state index in [2.05, 4.69) is 15.1 Å². The molecule has 0 radical (unpaired) electrons. The minimum Gasteiger partial charge on any atom is -0.420 e. The molecule has 9 heteroatoms. The Balaban J connectivity index is 1.52. The van der Waals surface area contributed by atoms with Crippen LogP contribution in [0.2, 0.25) is 5.02 Å².